The Morgan fingerprint density at radius 2 is 1.69 bits per heavy atom. The van der Waals surface area contributed by atoms with Crippen molar-refractivity contribution in [1.29, 1.82) is 0 Å². The molecule has 1 fully saturated rings. The molecule has 1 saturated heterocycles. The van der Waals surface area contributed by atoms with Crippen molar-refractivity contribution in [2.24, 2.45) is 0 Å². The summed E-state index contributed by atoms with van der Waals surface area (Å²) >= 11 is 1.66. The maximum Gasteiger partial charge on any atom is 0.224 e. The van der Waals surface area contributed by atoms with Crippen molar-refractivity contribution >= 4 is 29.6 Å². The number of aryl methyl sites for hydroxylation is 2. The van der Waals surface area contributed by atoms with E-state index in [1.807, 2.05) is 58.7 Å². The minimum atomic E-state index is -0.329. The first-order valence-corrected chi connectivity index (χ1v) is 17.2. The molecular weight excluding hydrogens is 585 g/mol. The van der Waals surface area contributed by atoms with Crippen LogP contribution in [0, 0.1) is 19.7 Å². The standard InChI is InChI=1S/C13H15FN2.C10H18N2O2.C6H7NS.C3H8.2C2H6/c1-8(2)13-15-7-12(16-13)11-5-4-10(14)6-9(11)3;1-11-9(8-13)7-10(14)12-5-3-2-4-6-12;1-3-6-4-7-5(2)8-6;1-3-2;2*1-2/h4-8H,1-3H3,(H,15,16);8-9,11H,2-7H2,1H3;3-4H,1H2,2H3;3H2,1-2H3;2*1-2H3. The molecule has 0 bridgehead atoms. The quantitative estimate of drug-likeness (QED) is 0.250. The van der Waals surface area contributed by atoms with Gasteiger partial charge in [-0.1, -0.05) is 74.5 Å². The molecule has 2 aromatic heterocycles. The van der Waals surface area contributed by atoms with Crippen LogP contribution < -0.4 is 5.32 Å². The highest BCUT2D eigenvalue weighted by molar-refractivity contribution is 7.12. The number of carbonyl (C=O) groups is 2. The average molecular weight is 646 g/mol. The zero-order valence-electron chi connectivity index (χ0n) is 29.8. The summed E-state index contributed by atoms with van der Waals surface area (Å²) in [6.07, 6.45) is 11.2. The minimum absolute atomic E-state index is 0.0937. The Morgan fingerprint density at radius 1 is 1.09 bits per heavy atom. The van der Waals surface area contributed by atoms with E-state index in [0.29, 0.717) is 12.3 Å². The summed E-state index contributed by atoms with van der Waals surface area (Å²) < 4.78 is 13.0. The first-order valence-electron chi connectivity index (χ1n) is 16.4. The van der Waals surface area contributed by atoms with Crippen LogP contribution in [0.5, 0.6) is 0 Å². The summed E-state index contributed by atoms with van der Waals surface area (Å²) in [5.74, 6) is 1.22. The van der Waals surface area contributed by atoms with Gasteiger partial charge in [0, 0.05) is 42.1 Å². The lowest BCUT2D eigenvalue weighted by molar-refractivity contribution is -0.133. The maximum atomic E-state index is 13.0. The van der Waals surface area contributed by atoms with Gasteiger partial charge in [-0.15, -0.1) is 11.3 Å². The number of nitrogens with one attached hydrogen (secondary N) is 2. The molecular formula is C36H60FN5O2S. The van der Waals surface area contributed by atoms with Crippen LogP contribution in [0.2, 0.25) is 0 Å². The normalized spacial score (nSPS) is 12.2. The van der Waals surface area contributed by atoms with Gasteiger partial charge in [-0.05, 0) is 63.9 Å². The largest absolute Gasteiger partial charge is 0.343 e. The van der Waals surface area contributed by atoms with Gasteiger partial charge in [-0.25, -0.2) is 14.4 Å². The molecule has 7 nitrogen and oxygen atoms in total. The van der Waals surface area contributed by atoms with E-state index >= 15 is 0 Å². The van der Waals surface area contributed by atoms with Gasteiger partial charge in [0.15, 0.2) is 0 Å². The lowest BCUT2D eigenvalue weighted by atomic mass is 10.1. The summed E-state index contributed by atoms with van der Waals surface area (Å²) in [7, 11) is 1.70. The number of carbonyl (C=O) groups excluding carboxylic acids is 2. The molecule has 1 aliphatic rings. The molecule has 2 N–H and O–H groups in total. The molecule has 0 saturated carbocycles. The van der Waals surface area contributed by atoms with E-state index in [9.17, 15) is 14.0 Å². The number of hydrogen-bond donors (Lipinski definition) is 2. The molecule has 1 aliphatic heterocycles. The van der Waals surface area contributed by atoms with E-state index in [0.717, 1.165) is 64.7 Å². The molecule has 3 heterocycles. The highest BCUT2D eigenvalue weighted by atomic mass is 32.1. The van der Waals surface area contributed by atoms with E-state index in [4.69, 9.17) is 0 Å². The van der Waals surface area contributed by atoms with Crippen molar-refractivity contribution < 1.29 is 14.0 Å². The molecule has 0 spiro atoms. The first-order chi connectivity index (χ1) is 21.6. The Bertz CT molecular complexity index is 1190. The van der Waals surface area contributed by atoms with E-state index in [2.05, 4.69) is 54.5 Å². The Balaban J connectivity index is 0. The second-order valence-corrected chi connectivity index (χ2v) is 11.4. The number of hydrogen-bond acceptors (Lipinski definition) is 6. The van der Waals surface area contributed by atoms with Gasteiger partial charge in [-0.2, -0.15) is 0 Å². The van der Waals surface area contributed by atoms with Crippen LogP contribution in [0.4, 0.5) is 4.39 Å². The lowest BCUT2D eigenvalue weighted by Gasteiger charge is -2.27. The van der Waals surface area contributed by atoms with Gasteiger partial charge in [0.2, 0.25) is 5.91 Å². The van der Waals surface area contributed by atoms with Crippen LogP contribution in [0.15, 0.2) is 37.2 Å². The lowest BCUT2D eigenvalue weighted by Crippen LogP contribution is -2.40. The number of halogens is 1. The van der Waals surface area contributed by atoms with Gasteiger partial charge in [-0.3, -0.25) is 4.79 Å². The van der Waals surface area contributed by atoms with Gasteiger partial charge in [0.25, 0.3) is 0 Å². The summed E-state index contributed by atoms with van der Waals surface area (Å²) in [5.41, 5.74) is 2.86. The van der Waals surface area contributed by atoms with E-state index < -0.39 is 0 Å². The van der Waals surface area contributed by atoms with Gasteiger partial charge >= 0.3 is 0 Å². The summed E-state index contributed by atoms with van der Waals surface area (Å²) in [6, 6.07) is 4.45. The first kappa shape index (κ1) is 44.0. The summed E-state index contributed by atoms with van der Waals surface area (Å²) in [5, 5.41) is 3.90. The Labute approximate surface area is 277 Å². The van der Waals surface area contributed by atoms with Crippen LogP contribution >= 0.6 is 11.3 Å². The SMILES string of the molecule is C=Cc1cnc(C)s1.CC.CC.CCC.CNC(C=O)CC(=O)N1CCCCC1.Cc1cc(F)ccc1-c1cnc(C(C)C)[nH]1. The van der Waals surface area contributed by atoms with Crippen molar-refractivity contribution in [3.8, 4) is 11.3 Å². The zero-order chi connectivity index (χ0) is 34.8. The molecule has 9 heteroatoms. The Morgan fingerprint density at radius 3 is 2.09 bits per heavy atom. The predicted molar refractivity (Wildman–Crippen MR) is 192 cm³/mol. The third-order valence-corrected chi connectivity index (χ3v) is 7.01. The van der Waals surface area contributed by atoms with Crippen LogP contribution in [-0.4, -0.2) is 58.2 Å². The topological polar surface area (TPSA) is 91.0 Å². The molecule has 1 atom stereocenters. The highest BCUT2D eigenvalue weighted by Crippen LogP contribution is 2.23. The van der Waals surface area contributed by atoms with E-state index in [-0.39, 0.29) is 17.8 Å². The number of imidazole rings is 1. The van der Waals surface area contributed by atoms with Gasteiger partial charge in [0.05, 0.1) is 22.9 Å². The summed E-state index contributed by atoms with van der Waals surface area (Å²) in [4.78, 5) is 36.8. The number of benzene rings is 1. The van der Waals surface area contributed by atoms with Gasteiger partial charge in [0.1, 0.15) is 17.9 Å². The minimum Gasteiger partial charge on any atom is -0.343 e. The molecule has 0 aliphatic carbocycles. The van der Waals surface area contributed by atoms with Crippen LogP contribution in [0.3, 0.4) is 0 Å². The van der Waals surface area contributed by atoms with Crippen LogP contribution in [-0.2, 0) is 9.59 Å². The second kappa shape index (κ2) is 27.2. The molecule has 0 radical (unpaired) electrons. The zero-order valence-corrected chi connectivity index (χ0v) is 30.6. The predicted octanol–water partition coefficient (Wildman–Crippen LogP) is 9.39. The smallest absolute Gasteiger partial charge is 0.224 e. The van der Waals surface area contributed by atoms with Crippen molar-refractivity contribution in [3.05, 3.63) is 64.3 Å². The van der Waals surface area contributed by atoms with Crippen LogP contribution in [0.1, 0.15) is 115 Å². The highest BCUT2D eigenvalue weighted by Gasteiger charge is 2.19. The van der Waals surface area contributed by atoms with Crippen molar-refractivity contribution in [1.82, 2.24) is 25.2 Å². The summed E-state index contributed by atoms with van der Waals surface area (Å²) in [6.45, 7) is 25.6. The Hall–Kier alpha value is -3.17. The number of likely N-dealkylation sites (tertiary alicyclic amines) is 1. The number of rotatable bonds is 7. The van der Waals surface area contributed by atoms with Gasteiger partial charge < -0.3 is 20.0 Å². The number of likely N-dealkylation sites (N-methyl/N-ethyl adjacent to an activating group) is 1. The average Bonchev–Trinajstić information content (AvgIpc) is 3.73. The number of aromatic amines is 1. The molecule has 1 unspecified atom stereocenters. The number of nitrogens with zero attached hydrogens (tertiary/aromatic N) is 3. The van der Waals surface area contributed by atoms with Crippen molar-refractivity contribution in [3.63, 3.8) is 0 Å². The molecule has 1 aromatic carbocycles. The van der Waals surface area contributed by atoms with Crippen molar-refractivity contribution in [2.45, 2.75) is 113 Å². The molecule has 3 aromatic rings. The molecule has 254 valence electrons. The fraction of sp³-hybridized carbons (Fsp3) is 0.556. The van der Waals surface area contributed by atoms with Crippen LogP contribution in [0.25, 0.3) is 17.3 Å². The number of amides is 1. The molecule has 4 rings (SSSR count). The third kappa shape index (κ3) is 18.4. The van der Waals surface area contributed by atoms with Crippen molar-refractivity contribution in [2.75, 3.05) is 20.1 Å². The monoisotopic (exact) mass is 645 g/mol. The maximum absolute atomic E-state index is 13.0. The Kier molecular flexibility index (Phi) is 26.5. The molecule has 1 amide bonds. The number of aldehydes is 1. The number of piperidine rings is 1. The second-order valence-electron chi connectivity index (χ2n) is 10.2. The fourth-order valence-corrected chi connectivity index (χ4v) is 4.48. The third-order valence-electron chi connectivity index (χ3n) is 6.10. The fourth-order valence-electron chi connectivity index (χ4n) is 3.85. The number of H-pyrrole nitrogens is 1. The number of aromatic nitrogens is 3. The van der Waals surface area contributed by atoms with E-state index in [1.165, 1.54) is 25.0 Å². The molecule has 45 heavy (non-hydrogen) atoms. The number of thiazole rings is 1. The van der Waals surface area contributed by atoms with E-state index in [1.54, 1.807) is 30.6 Å².